The normalized spacial score (nSPS) is 11.9. The van der Waals surface area contributed by atoms with Crippen LogP contribution in [0.5, 0.6) is 0 Å². The van der Waals surface area contributed by atoms with Crippen molar-refractivity contribution in [3.05, 3.63) is 231 Å². The van der Waals surface area contributed by atoms with Crippen molar-refractivity contribution in [2.24, 2.45) is 5.10 Å². The van der Waals surface area contributed by atoms with Gasteiger partial charge in [-0.15, -0.1) is 11.6 Å². The predicted octanol–water partition coefficient (Wildman–Crippen LogP) is 4.34. The Balaban J connectivity index is 0.000000187. The average molecular weight is 919 g/mol. The van der Waals surface area contributed by atoms with Crippen LogP contribution in [0.2, 0.25) is 0 Å². The fourth-order valence-corrected chi connectivity index (χ4v) is 10.6. The van der Waals surface area contributed by atoms with E-state index in [0.717, 1.165) is 0 Å². The van der Waals surface area contributed by atoms with Crippen molar-refractivity contribution in [3.8, 4) is 0 Å². The minimum Gasteiger partial charge on any atom is -1.00 e. The second-order valence-electron chi connectivity index (χ2n) is 12.4. The van der Waals surface area contributed by atoms with Gasteiger partial charge in [0.15, 0.2) is 0 Å². The molecule has 0 spiro atoms. The summed E-state index contributed by atoms with van der Waals surface area (Å²) in [4.78, 5) is 3.66. The molecule has 1 aromatic heterocycles. The molecule has 0 bridgehead atoms. The van der Waals surface area contributed by atoms with Crippen molar-refractivity contribution < 1.29 is 37.0 Å². The molecule has 3 heterocycles. The van der Waals surface area contributed by atoms with E-state index in [2.05, 4.69) is 203 Å². The summed E-state index contributed by atoms with van der Waals surface area (Å²) in [5.74, 6) is 2.82. The Labute approximate surface area is 371 Å². The van der Waals surface area contributed by atoms with Gasteiger partial charge in [0, 0.05) is 24.9 Å². The number of aliphatic hydroxyl groups excluding tert-OH is 1. The first kappa shape index (κ1) is 46.8. The van der Waals surface area contributed by atoms with Crippen LogP contribution >= 0.6 is 15.8 Å². The Morgan fingerprint density at radius 2 is 0.966 bits per heavy atom. The second-order valence-corrected chi connectivity index (χ2v) is 16.8. The van der Waals surface area contributed by atoms with Gasteiger partial charge in [0.05, 0.1) is 6.54 Å². The van der Waals surface area contributed by atoms with E-state index < -0.39 is 15.8 Å². The molecule has 1 N–H and O–H groups in total. The number of aromatic nitrogens is 2. The zero-order chi connectivity index (χ0) is 39.3. The van der Waals surface area contributed by atoms with Gasteiger partial charge in [-0.25, -0.2) is 0 Å². The molecule has 0 saturated heterocycles. The van der Waals surface area contributed by atoms with Gasteiger partial charge < -0.3 is 27.9 Å². The van der Waals surface area contributed by atoms with E-state index in [4.69, 9.17) is 5.11 Å². The molecule has 0 aliphatic carbocycles. The Kier molecular flexibility index (Phi) is 20.8. The average Bonchev–Trinajstić information content (AvgIpc) is 4.12. The summed E-state index contributed by atoms with van der Waals surface area (Å²) in [6, 6.07) is 66.5. The summed E-state index contributed by atoms with van der Waals surface area (Å²) in [6.07, 6.45) is 9.27. The Morgan fingerprint density at radius 1 is 0.610 bits per heavy atom. The largest absolute Gasteiger partial charge is 2.00 e. The van der Waals surface area contributed by atoms with Crippen molar-refractivity contribution >= 4 is 60.7 Å². The summed E-state index contributed by atoms with van der Waals surface area (Å²) >= 11 is 0. The number of nitrogens with zero attached hydrogens (tertiary/aromatic N) is 6. The van der Waals surface area contributed by atoms with E-state index in [9.17, 15) is 0 Å². The molecule has 9 rings (SSSR count). The summed E-state index contributed by atoms with van der Waals surface area (Å²) in [7, 11) is -1.06. The van der Waals surface area contributed by atoms with E-state index in [-0.39, 0.29) is 45.6 Å². The molecule has 12 heteroatoms. The minimum atomic E-state index is -0.446. The SMILES string of the molecule is C1=CCN(B(N2C=C[CH][N-]2)n2cccn2)N=1.CCO.[Cl-].[Ru+2].c1ccc(P(c2ccccc2)c2ccccc2)cc1.c1ccc(P(c2ccccc2)c2ccccc2)cc1. The van der Waals surface area contributed by atoms with Gasteiger partial charge in [0.2, 0.25) is 0 Å². The predicted molar refractivity (Wildman–Crippen MR) is 244 cm³/mol. The van der Waals surface area contributed by atoms with Crippen molar-refractivity contribution in [2.45, 2.75) is 6.92 Å². The zero-order valence-electron chi connectivity index (χ0n) is 32.6. The van der Waals surface area contributed by atoms with Gasteiger partial charge >= 0.3 is 26.6 Å². The summed E-state index contributed by atoms with van der Waals surface area (Å²) in [5, 5.41) is 24.3. The van der Waals surface area contributed by atoms with Crippen LogP contribution in [-0.2, 0) is 19.5 Å². The number of hydrogen-bond donors (Lipinski definition) is 1. The second kappa shape index (κ2) is 26.2. The Bertz CT molecular complexity index is 1940. The van der Waals surface area contributed by atoms with Crippen molar-refractivity contribution in [2.75, 3.05) is 13.2 Å². The van der Waals surface area contributed by atoms with Gasteiger partial charge in [-0.05, 0) is 72.9 Å². The molecule has 1 radical (unpaired) electrons. The molecule has 0 amide bonds. The number of halogens is 1. The van der Waals surface area contributed by atoms with Crippen molar-refractivity contribution in [1.29, 1.82) is 0 Å². The quantitative estimate of drug-likeness (QED) is 0.173. The number of hydrazone groups is 1. The van der Waals surface area contributed by atoms with Crippen molar-refractivity contribution in [3.63, 3.8) is 0 Å². The van der Waals surface area contributed by atoms with Gasteiger partial charge in [-0.2, -0.15) is 5.10 Å². The van der Waals surface area contributed by atoms with Crippen LogP contribution in [0, 0.1) is 6.54 Å². The third-order valence-corrected chi connectivity index (χ3v) is 13.3. The molecule has 0 unspecified atom stereocenters. The van der Waals surface area contributed by atoms with Gasteiger partial charge in [0.25, 0.3) is 0 Å². The van der Waals surface area contributed by atoms with Crippen LogP contribution in [0.15, 0.2) is 224 Å². The standard InChI is InChI=1S/2C18H15P.C9H9BN6.C2H6O.ClH.Ru/c2*1-4-10-16(11-5-1)19(17-12-6-2-7-13-17)18-14-8-3-9-15-18;1-4-11-14(7-1)10(15-8-2-5-12-15)16-9-3-6-13-16;1-2-3;;/h2*1-15H;1-5,7-8H,9H2;3H,2H2,1H3;1H;/q;;-1;;;+2/p-1. The molecule has 2 aliphatic rings. The smallest absolute Gasteiger partial charge is 1.00 e. The maximum atomic E-state index is 7.57. The van der Waals surface area contributed by atoms with Crippen LogP contribution in [-0.4, -0.2) is 50.8 Å². The summed E-state index contributed by atoms with van der Waals surface area (Å²) in [5.41, 5.74) is 4.23. The molecule has 7 aromatic rings. The summed E-state index contributed by atoms with van der Waals surface area (Å²) < 4.78 is 1.80. The summed E-state index contributed by atoms with van der Waals surface area (Å²) in [6.45, 7) is 4.38. The zero-order valence-corrected chi connectivity index (χ0v) is 36.9. The molecule has 0 atom stereocenters. The van der Waals surface area contributed by atoms with Crippen LogP contribution in [0.1, 0.15) is 6.92 Å². The van der Waals surface area contributed by atoms with Crippen LogP contribution in [0.3, 0.4) is 0 Å². The van der Waals surface area contributed by atoms with Gasteiger partial charge in [-0.1, -0.05) is 188 Å². The Morgan fingerprint density at radius 3 is 1.22 bits per heavy atom. The Hall–Kier alpha value is -4.92. The number of rotatable bonds is 9. The van der Waals surface area contributed by atoms with E-state index >= 15 is 0 Å². The van der Waals surface area contributed by atoms with E-state index in [0.29, 0.717) is 6.54 Å². The maximum absolute atomic E-state index is 7.57. The van der Waals surface area contributed by atoms with Crippen molar-refractivity contribution in [1.82, 2.24) is 19.5 Å². The molecule has 297 valence electrons. The molecule has 0 fully saturated rings. The first-order valence-electron chi connectivity index (χ1n) is 18.8. The number of aliphatic hydroxyl groups is 1. The molecule has 7 nitrogen and oxygen atoms in total. The fourth-order valence-electron chi connectivity index (χ4n) is 6.02. The van der Waals surface area contributed by atoms with E-state index in [1.54, 1.807) is 29.2 Å². The third kappa shape index (κ3) is 13.8. The molecule has 0 saturated carbocycles. The van der Waals surface area contributed by atoms with Crippen LogP contribution < -0.4 is 44.2 Å². The first-order chi connectivity index (χ1) is 28.3. The monoisotopic (exact) mass is 919 g/mol. The molecule has 59 heavy (non-hydrogen) atoms. The molecule has 6 aromatic carbocycles. The van der Waals surface area contributed by atoms with Gasteiger partial charge in [-0.3, -0.25) is 9.51 Å². The minimum absolute atomic E-state index is 0. The van der Waals surface area contributed by atoms with Crippen LogP contribution in [0.4, 0.5) is 0 Å². The first-order valence-corrected chi connectivity index (χ1v) is 21.5. The number of benzene rings is 6. The van der Waals surface area contributed by atoms with E-state index in [1.165, 1.54) is 31.8 Å². The van der Waals surface area contributed by atoms with Crippen LogP contribution in [0.25, 0.3) is 5.43 Å². The number of hydrogen-bond acceptors (Lipinski definition) is 5. The molecular formula is C47H45BClN6OP2Ru. The fraction of sp³-hybridized carbons (Fsp3) is 0.0638. The van der Waals surface area contributed by atoms with E-state index in [1.807, 2.05) is 35.5 Å². The van der Waals surface area contributed by atoms with Gasteiger partial charge in [0.1, 0.15) is 0 Å². The molecule has 2 aliphatic heterocycles. The molecular weight excluding hydrogens is 874 g/mol. The maximum Gasteiger partial charge on any atom is 2.00 e. The topological polar surface area (TPSA) is 71.0 Å². The third-order valence-electron chi connectivity index (χ3n) is 8.43.